The fraction of sp³-hybridized carbons (Fsp3) is 0.222. The molecule has 3 N–H and O–H groups in total. The first kappa shape index (κ1) is 8.59. The number of anilines is 2. The Morgan fingerprint density at radius 3 is 2.92 bits per heavy atom. The van der Waals surface area contributed by atoms with Gasteiger partial charge in [-0.2, -0.15) is 0 Å². The van der Waals surface area contributed by atoms with Crippen molar-refractivity contribution in [1.29, 1.82) is 0 Å². The summed E-state index contributed by atoms with van der Waals surface area (Å²) in [7, 11) is 0. The molecule has 3 heteroatoms. The third-order valence-corrected chi connectivity index (χ3v) is 1.44. The zero-order chi connectivity index (χ0) is 8.97. The summed E-state index contributed by atoms with van der Waals surface area (Å²) in [5.74, 6) is -0.00632. The highest BCUT2D eigenvalue weighted by molar-refractivity contribution is 5.90. The van der Waals surface area contributed by atoms with Crippen LogP contribution in [0.4, 0.5) is 11.4 Å². The molecule has 63 valence electrons. The molecule has 0 aliphatic rings. The summed E-state index contributed by atoms with van der Waals surface area (Å²) in [5, 5.41) is 2.69. The van der Waals surface area contributed by atoms with Gasteiger partial charge in [-0.3, -0.25) is 4.79 Å². The van der Waals surface area contributed by atoms with Crippen molar-refractivity contribution in [3.05, 3.63) is 24.3 Å². The Labute approximate surface area is 71.6 Å². The fourth-order valence-corrected chi connectivity index (χ4v) is 0.764. The van der Waals surface area contributed by atoms with E-state index in [-0.39, 0.29) is 5.91 Å². The highest BCUT2D eigenvalue weighted by Crippen LogP contribution is 2.09. The molecule has 0 saturated carbocycles. The second-order valence-corrected chi connectivity index (χ2v) is 2.43. The van der Waals surface area contributed by atoms with E-state index in [1.165, 1.54) is 0 Å². The Hall–Kier alpha value is -1.51. The molecule has 0 spiro atoms. The minimum Gasteiger partial charge on any atom is -0.398 e. The van der Waals surface area contributed by atoms with Gasteiger partial charge < -0.3 is 11.1 Å². The molecule has 1 aromatic carbocycles. The molecule has 0 fully saturated rings. The highest BCUT2D eigenvalue weighted by atomic mass is 16.1. The van der Waals surface area contributed by atoms with Crippen molar-refractivity contribution in [3.8, 4) is 0 Å². The van der Waals surface area contributed by atoms with Crippen LogP contribution in [0.15, 0.2) is 18.2 Å². The third kappa shape index (κ3) is 2.27. The largest absolute Gasteiger partial charge is 0.398 e. The summed E-state index contributed by atoms with van der Waals surface area (Å²) in [6, 6.07) is 7.90. The second kappa shape index (κ2) is 3.76. The minimum absolute atomic E-state index is 0.00632. The first-order valence-electron chi connectivity index (χ1n) is 3.79. The predicted octanol–water partition coefficient (Wildman–Crippen LogP) is 1.42. The molecule has 1 aromatic rings. The Morgan fingerprint density at radius 1 is 1.67 bits per heavy atom. The van der Waals surface area contributed by atoms with Gasteiger partial charge in [-0.25, -0.2) is 0 Å². The SMILES string of the molecule is CCC(=O)Nc1c[c]c(N)cc1. The van der Waals surface area contributed by atoms with Crippen LogP contribution in [-0.2, 0) is 4.79 Å². The van der Waals surface area contributed by atoms with E-state index in [9.17, 15) is 4.79 Å². The Kier molecular flexibility index (Phi) is 2.69. The maximum atomic E-state index is 10.9. The van der Waals surface area contributed by atoms with Crippen LogP contribution in [0.3, 0.4) is 0 Å². The van der Waals surface area contributed by atoms with E-state index >= 15 is 0 Å². The van der Waals surface area contributed by atoms with Gasteiger partial charge in [0.1, 0.15) is 0 Å². The van der Waals surface area contributed by atoms with E-state index < -0.39 is 0 Å². The molecule has 3 nitrogen and oxygen atoms in total. The maximum Gasteiger partial charge on any atom is 0.224 e. The molecule has 0 bridgehead atoms. The molecule has 1 rings (SSSR count). The normalized spacial score (nSPS) is 9.42. The van der Waals surface area contributed by atoms with Gasteiger partial charge in [-0.1, -0.05) is 6.92 Å². The zero-order valence-electron chi connectivity index (χ0n) is 6.92. The number of amides is 1. The predicted molar refractivity (Wildman–Crippen MR) is 48.6 cm³/mol. The Morgan fingerprint density at radius 2 is 2.42 bits per heavy atom. The molecule has 0 heterocycles. The van der Waals surface area contributed by atoms with Crippen LogP contribution in [0.1, 0.15) is 13.3 Å². The van der Waals surface area contributed by atoms with Crippen molar-refractivity contribution in [2.24, 2.45) is 0 Å². The minimum atomic E-state index is -0.00632. The smallest absolute Gasteiger partial charge is 0.224 e. The van der Waals surface area contributed by atoms with Crippen molar-refractivity contribution < 1.29 is 4.79 Å². The van der Waals surface area contributed by atoms with Gasteiger partial charge in [0.15, 0.2) is 0 Å². The molecule has 12 heavy (non-hydrogen) atoms. The number of nitrogens with two attached hydrogens (primary N) is 1. The molecular weight excluding hydrogens is 152 g/mol. The molecule has 1 radical (unpaired) electrons. The fourth-order valence-electron chi connectivity index (χ4n) is 0.764. The average Bonchev–Trinajstić information content (AvgIpc) is 2.09. The number of carbonyl (C=O) groups is 1. The second-order valence-electron chi connectivity index (χ2n) is 2.43. The van der Waals surface area contributed by atoms with Gasteiger partial charge in [0.2, 0.25) is 5.91 Å². The van der Waals surface area contributed by atoms with Crippen LogP contribution in [0.25, 0.3) is 0 Å². The van der Waals surface area contributed by atoms with Crippen molar-refractivity contribution in [2.75, 3.05) is 11.1 Å². The van der Waals surface area contributed by atoms with E-state index in [0.29, 0.717) is 12.1 Å². The Balaban J connectivity index is 2.64. The molecule has 0 aromatic heterocycles. The molecule has 0 unspecified atom stereocenters. The quantitative estimate of drug-likeness (QED) is 0.648. The topological polar surface area (TPSA) is 55.1 Å². The summed E-state index contributed by atoms with van der Waals surface area (Å²) >= 11 is 0. The molecule has 1 amide bonds. The van der Waals surface area contributed by atoms with Crippen LogP contribution in [-0.4, -0.2) is 5.91 Å². The van der Waals surface area contributed by atoms with Crippen LogP contribution < -0.4 is 11.1 Å². The number of carbonyl (C=O) groups excluding carboxylic acids is 1. The van der Waals surface area contributed by atoms with Crippen molar-refractivity contribution in [3.63, 3.8) is 0 Å². The summed E-state index contributed by atoms with van der Waals surface area (Å²) < 4.78 is 0. The van der Waals surface area contributed by atoms with Gasteiger partial charge in [0.25, 0.3) is 0 Å². The lowest BCUT2D eigenvalue weighted by Gasteiger charge is -2.02. The van der Waals surface area contributed by atoms with Crippen LogP contribution in [0, 0.1) is 6.07 Å². The monoisotopic (exact) mass is 163 g/mol. The van der Waals surface area contributed by atoms with E-state index in [2.05, 4.69) is 11.4 Å². The van der Waals surface area contributed by atoms with Gasteiger partial charge in [0, 0.05) is 23.9 Å². The van der Waals surface area contributed by atoms with E-state index in [1.807, 2.05) is 0 Å². The van der Waals surface area contributed by atoms with Gasteiger partial charge >= 0.3 is 0 Å². The lowest BCUT2D eigenvalue weighted by molar-refractivity contribution is -0.115. The molecule has 0 aliphatic carbocycles. The molecular formula is C9H11N2O. The van der Waals surface area contributed by atoms with Gasteiger partial charge in [0.05, 0.1) is 0 Å². The number of benzene rings is 1. The number of nitrogen functional groups attached to an aromatic ring is 1. The summed E-state index contributed by atoms with van der Waals surface area (Å²) in [6.07, 6.45) is 0.477. The maximum absolute atomic E-state index is 10.9. The third-order valence-electron chi connectivity index (χ3n) is 1.44. The van der Waals surface area contributed by atoms with Crippen LogP contribution >= 0.6 is 0 Å². The standard InChI is InChI=1S/C9H11N2O/c1-2-9(12)11-8-5-3-7(10)4-6-8/h3,5-6H,2,10H2,1H3,(H,11,12). The van der Waals surface area contributed by atoms with Crippen LogP contribution in [0.5, 0.6) is 0 Å². The number of rotatable bonds is 2. The number of hydrogen-bond donors (Lipinski definition) is 2. The first-order valence-corrected chi connectivity index (χ1v) is 3.79. The summed E-state index contributed by atoms with van der Waals surface area (Å²) in [4.78, 5) is 10.9. The first-order chi connectivity index (χ1) is 5.72. The number of nitrogens with one attached hydrogen (secondary N) is 1. The zero-order valence-corrected chi connectivity index (χ0v) is 6.92. The van der Waals surface area contributed by atoms with E-state index in [0.717, 1.165) is 5.69 Å². The summed E-state index contributed by atoms with van der Waals surface area (Å²) in [5.41, 5.74) is 6.73. The molecule has 0 aliphatic heterocycles. The van der Waals surface area contributed by atoms with Crippen molar-refractivity contribution in [2.45, 2.75) is 13.3 Å². The van der Waals surface area contributed by atoms with E-state index in [1.54, 1.807) is 25.1 Å². The van der Waals surface area contributed by atoms with Crippen LogP contribution in [0.2, 0.25) is 0 Å². The van der Waals surface area contributed by atoms with Crippen molar-refractivity contribution in [1.82, 2.24) is 0 Å². The van der Waals surface area contributed by atoms with Gasteiger partial charge in [-0.15, -0.1) is 0 Å². The molecule has 0 saturated heterocycles. The lowest BCUT2D eigenvalue weighted by atomic mass is 10.3. The average molecular weight is 163 g/mol. The number of hydrogen-bond acceptors (Lipinski definition) is 2. The Bertz CT molecular complexity index is 266. The summed E-state index contributed by atoms with van der Waals surface area (Å²) in [6.45, 7) is 1.80. The lowest BCUT2D eigenvalue weighted by Crippen LogP contribution is -2.09. The van der Waals surface area contributed by atoms with E-state index in [4.69, 9.17) is 5.73 Å². The highest BCUT2D eigenvalue weighted by Gasteiger charge is 1.97. The van der Waals surface area contributed by atoms with Gasteiger partial charge in [-0.05, 0) is 18.2 Å². The molecule has 0 atom stereocenters. The van der Waals surface area contributed by atoms with Crippen molar-refractivity contribution >= 4 is 17.3 Å².